The Morgan fingerprint density at radius 2 is 2.25 bits per heavy atom. The Labute approximate surface area is 89.4 Å². The van der Waals surface area contributed by atoms with Gasteiger partial charge < -0.3 is 5.32 Å². The second-order valence-electron chi connectivity index (χ2n) is 3.81. The van der Waals surface area contributed by atoms with Gasteiger partial charge in [-0.2, -0.15) is 18.3 Å². The standard InChI is InChI=1S/C9H10F3N3O/c10-9(11,12)5-15-4-7(3-13-15)14-8(16)6-1-2-6/h3-4,6H,1-2,5H2,(H,14,16). The minimum Gasteiger partial charge on any atom is -0.323 e. The van der Waals surface area contributed by atoms with Crippen LogP contribution in [0.3, 0.4) is 0 Å². The largest absolute Gasteiger partial charge is 0.408 e. The first-order valence-electron chi connectivity index (χ1n) is 4.84. The molecule has 1 aromatic rings. The molecule has 1 saturated carbocycles. The van der Waals surface area contributed by atoms with Gasteiger partial charge in [-0.1, -0.05) is 0 Å². The first-order valence-corrected chi connectivity index (χ1v) is 4.84. The molecule has 88 valence electrons. The molecule has 1 aliphatic carbocycles. The molecule has 1 amide bonds. The average Bonchev–Trinajstić information content (AvgIpc) is 2.89. The monoisotopic (exact) mass is 233 g/mol. The Bertz CT molecular complexity index is 395. The summed E-state index contributed by atoms with van der Waals surface area (Å²) >= 11 is 0. The van der Waals surface area contributed by atoms with E-state index in [0.717, 1.165) is 17.5 Å². The number of rotatable bonds is 3. The van der Waals surface area contributed by atoms with Crippen molar-refractivity contribution >= 4 is 11.6 Å². The van der Waals surface area contributed by atoms with Crippen molar-refractivity contribution < 1.29 is 18.0 Å². The quantitative estimate of drug-likeness (QED) is 0.865. The van der Waals surface area contributed by atoms with Gasteiger partial charge >= 0.3 is 6.18 Å². The summed E-state index contributed by atoms with van der Waals surface area (Å²) in [4.78, 5) is 11.3. The van der Waals surface area contributed by atoms with Crippen LogP contribution in [0.5, 0.6) is 0 Å². The molecule has 0 saturated heterocycles. The smallest absolute Gasteiger partial charge is 0.323 e. The summed E-state index contributed by atoms with van der Waals surface area (Å²) in [5.74, 6) is -0.127. The Morgan fingerprint density at radius 3 is 2.81 bits per heavy atom. The Balaban J connectivity index is 1.93. The molecule has 0 atom stereocenters. The molecule has 1 heterocycles. The van der Waals surface area contributed by atoms with Crippen molar-refractivity contribution in [2.45, 2.75) is 25.6 Å². The van der Waals surface area contributed by atoms with Crippen LogP contribution in [0.1, 0.15) is 12.8 Å². The topological polar surface area (TPSA) is 46.9 Å². The number of anilines is 1. The summed E-state index contributed by atoms with van der Waals surface area (Å²) in [6.07, 6.45) is -0.214. The molecule has 0 spiro atoms. The van der Waals surface area contributed by atoms with Gasteiger partial charge in [-0.15, -0.1) is 0 Å². The molecule has 2 rings (SSSR count). The van der Waals surface area contributed by atoms with Crippen molar-refractivity contribution in [3.8, 4) is 0 Å². The van der Waals surface area contributed by atoms with E-state index >= 15 is 0 Å². The summed E-state index contributed by atoms with van der Waals surface area (Å²) in [6.45, 7) is -1.15. The van der Waals surface area contributed by atoms with Gasteiger partial charge in [-0.25, -0.2) is 0 Å². The van der Waals surface area contributed by atoms with Crippen molar-refractivity contribution in [2.75, 3.05) is 5.32 Å². The summed E-state index contributed by atoms with van der Waals surface area (Å²) in [5, 5.41) is 6.04. The zero-order valence-electron chi connectivity index (χ0n) is 8.29. The van der Waals surface area contributed by atoms with Crippen LogP contribution >= 0.6 is 0 Å². The van der Waals surface area contributed by atoms with E-state index < -0.39 is 12.7 Å². The van der Waals surface area contributed by atoms with Gasteiger partial charge in [0.15, 0.2) is 0 Å². The lowest BCUT2D eigenvalue weighted by Crippen LogP contribution is -2.18. The first-order chi connectivity index (χ1) is 7.44. The van der Waals surface area contributed by atoms with Crippen LogP contribution in [-0.4, -0.2) is 21.9 Å². The van der Waals surface area contributed by atoms with Crippen LogP contribution in [0.4, 0.5) is 18.9 Å². The summed E-state index contributed by atoms with van der Waals surface area (Å²) in [6, 6.07) is 0. The van der Waals surface area contributed by atoms with Crippen LogP contribution in [-0.2, 0) is 11.3 Å². The fraction of sp³-hybridized carbons (Fsp3) is 0.556. The molecule has 0 radical (unpaired) electrons. The molecule has 0 aliphatic heterocycles. The molecule has 1 fully saturated rings. The molecule has 0 aromatic carbocycles. The van der Waals surface area contributed by atoms with Gasteiger partial charge in [-0.3, -0.25) is 9.48 Å². The fourth-order valence-electron chi connectivity index (χ4n) is 1.29. The highest BCUT2D eigenvalue weighted by Gasteiger charge is 2.30. The second kappa shape index (κ2) is 3.80. The molecule has 1 aromatic heterocycles. The van der Waals surface area contributed by atoms with E-state index in [1.165, 1.54) is 12.4 Å². The van der Waals surface area contributed by atoms with Gasteiger partial charge in [-0.05, 0) is 12.8 Å². The lowest BCUT2D eigenvalue weighted by atomic mass is 10.4. The minimum atomic E-state index is -4.30. The number of carbonyl (C=O) groups excluding carboxylic acids is 1. The highest BCUT2D eigenvalue weighted by molar-refractivity contribution is 5.93. The van der Waals surface area contributed by atoms with E-state index in [-0.39, 0.29) is 11.8 Å². The van der Waals surface area contributed by atoms with Gasteiger partial charge in [0.1, 0.15) is 6.54 Å². The number of alkyl halides is 3. The van der Waals surface area contributed by atoms with Crippen LogP contribution in [0, 0.1) is 5.92 Å². The van der Waals surface area contributed by atoms with Crippen molar-refractivity contribution in [1.82, 2.24) is 9.78 Å². The number of hydrogen-bond acceptors (Lipinski definition) is 2. The highest BCUT2D eigenvalue weighted by atomic mass is 19.4. The number of hydrogen-bond donors (Lipinski definition) is 1. The number of halogens is 3. The normalized spacial score (nSPS) is 16.2. The predicted octanol–water partition coefficient (Wildman–Crippen LogP) is 1.79. The zero-order valence-corrected chi connectivity index (χ0v) is 8.29. The zero-order chi connectivity index (χ0) is 11.8. The van der Waals surface area contributed by atoms with E-state index in [0.29, 0.717) is 5.69 Å². The maximum Gasteiger partial charge on any atom is 0.408 e. The molecule has 0 bridgehead atoms. The van der Waals surface area contributed by atoms with E-state index in [9.17, 15) is 18.0 Å². The average molecular weight is 233 g/mol. The van der Waals surface area contributed by atoms with Crippen molar-refractivity contribution in [3.63, 3.8) is 0 Å². The van der Waals surface area contributed by atoms with Crippen LogP contribution in [0.25, 0.3) is 0 Å². The van der Waals surface area contributed by atoms with E-state index in [1.807, 2.05) is 0 Å². The predicted molar refractivity (Wildman–Crippen MR) is 49.6 cm³/mol. The Kier molecular flexibility index (Phi) is 2.61. The van der Waals surface area contributed by atoms with E-state index in [2.05, 4.69) is 10.4 Å². The van der Waals surface area contributed by atoms with Crippen molar-refractivity contribution in [2.24, 2.45) is 5.92 Å². The van der Waals surface area contributed by atoms with Crippen molar-refractivity contribution in [3.05, 3.63) is 12.4 Å². The molecule has 16 heavy (non-hydrogen) atoms. The maximum absolute atomic E-state index is 12.0. The summed E-state index contributed by atoms with van der Waals surface area (Å²) < 4.78 is 36.8. The third-order valence-electron chi connectivity index (χ3n) is 2.19. The minimum absolute atomic E-state index is 0.0194. The molecule has 1 N–H and O–H groups in total. The number of nitrogens with zero attached hydrogens (tertiary/aromatic N) is 2. The maximum atomic E-state index is 12.0. The first kappa shape index (κ1) is 11.0. The van der Waals surface area contributed by atoms with E-state index in [4.69, 9.17) is 0 Å². The fourth-order valence-corrected chi connectivity index (χ4v) is 1.29. The molecule has 4 nitrogen and oxygen atoms in total. The third kappa shape index (κ3) is 2.98. The summed E-state index contributed by atoms with van der Waals surface area (Å²) in [5.41, 5.74) is 0.307. The van der Waals surface area contributed by atoms with E-state index in [1.54, 1.807) is 0 Å². The molecular formula is C9H10F3N3O. The van der Waals surface area contributed by atoms with Crippen molar-refractivity contribution in [1.29, 1.82) is 0 Å². The molecule has 0 unspecified atom stereocenters. The highest BCUT2D eigenvalue weighted by Crippen LogP contribution is 2.30. The Morgan fingerprint density at radius 1 is 1.56 bits per heavy atom. The SMILES string of the molecule is O=C(Nc1cnn(CC(F)(F)F)c1)C1CC1. The number of amides is 1. The summed E-state index contributed by atoms with van der Waals surface area (Å²) in [7, 11) is 0. The molecular weight excluding hydrogens is 223 g/mol. The lowest BCUT2D eigenvalue weighted by molar-refractivity contribution is -0.142. The molecule has 7 heteroatoms. The Hall–Kier alpha value is -1.53. The molecule has 1 aliphatic rings. The van der Waals surface area contributed by atoms with Gasteiger partial charge in [0.2, 0.25) is 5.91 Å². The number of nitrogens with one attached hydrogen (secondary N) is 1. The number of carbonyl (C=O) groups is 1. The van der Waals surface area contributed by atoms with Gasteiger partial charge in [0, 0.05) is 12.1 Å². The number of aromatic nitrogens is 2. The van der Waals surface area contributed by atoms with Gasteiger partial charge in [0.25, 0.3) is 0 Å². The van der Waals surface area contributed by atoms with Crippen LogP contribution < -0.4 is 5.32 Å². The second-order valence-corrected chi connectivity index (χ2v) is 3.81. The third-order valence-corrected chi connectivity index (χ3v) is 2.19. The lowest BCUT2D eigenvalue weighted by Gasteiger charge is -2.05. The van der Waals surface area contributed by atoms with Gasteiger partial charge in [0.05, 0.1) is 11.9 Å². The van der Waals surface area contributed by atoms with Crippen LogP contribution in [0.2, 0.25) is 0 Å². The van der Waals surface area contributed by atoms with Crippen LogP contribution in [0.15, 0.2) is 12.4 Å².